The Morgan fingerprint density at radius 2 is 2.36 bits per heavy atom. The first-order valence-electron chi connectivity index (χ1n) is 5.51. The van der Waals surface area contributed by atoms with E-state index in [0.29, 0.717) is 6.04 Å². The number of aryl methyl sites for hydroxylation is 1. The average Bonchev–Trinajstić information content (AvgIpc) is 2.53. The van der Waals surface area contributed by atoms with E-state index in [-0.39, 0.29) is 0 Å². The van der Waals surface area contributed by atoms with Gasteiger partial charge >= 0.3 is 0 Å². The number of fused-ring (bicyclic) bond motifs is 1. The van der Waals surface area contributed by atoms with Crippen LogP contribution in [-0.4, -0.2) is 16.1 Å². The molecule has 78 valence electrons. The molecule has 0 aromatic carbocycles. The van der Waals surface area contributed by atoms with Crippen LogP contribution in [0.15, 0.2) is 0 Å². The van der Waals surface area contributed by atoms with Crippen LogP contribution in [0.25, 0.3) is 0 Å². The summed E-state index contributed by atoms with van der Waals surface area (Å²) in [4.78, 5) is 4.62. The van der Waals surface area contributed by atoms with E-state index in [0.717, 1.165) is 19.5 Å². The van der Waals surface area contributed by atoms with Crippen molar-refractivity contribution in [3.63, 3.8) is 0 Å². The third-order valence-corrected chi connectivity index (χ3v) is 3.13. The fourth-order valence-electron chi connectivity index (χ4n) is 2.24. The van der Waals surface area contributed by atoms with Crippen LogP contribution in [-0.2, 0) is 13.0 Å². The molecule has 1 N–H and O–H groups in total. The molecule has 0 saturated carbocycles. The standard InChI is InChI=1S/C11H19N3/c1-4-8(2)14-9(3)13-10-7-12-6-5-11(10)14/h8,12H,4-7H2,1-3H3. The van der Waals surface area contributed by atoms with Crippen molar-refractivity contribution in [2.45, 2.75) is 46.2 Å². The van der Waals surface area contributed by atoms with Gasteiger partial charge in [-0.15, -0.1) is 0 Å². The molecule has 3 heteroatoms. The van der Waals surface area contributed by atoms with Gasteiger partial charge in [0.05, 0.1) is 5.69 Å². The zero-order valence-electron chi connectivity index (χ0n) is 9.30. The normalized spacial score (nSPS) is 17.9. The lowest BCUT2D eigenvalue weighted by atomic mass is 10.1. The minimum atomic E-state index is 0.587. The van der Waals surface area contributed by atoms with Gasteiger partial charge in [0, 0.05) is 31.2 Å². The molecular weight excluding hydrogens is 174 g/mol. The minimum Gasteiger partial charge on any atom is -0.329 e. The highest BCUT2D eigenvalue weighted by Crippen LogP contribution is 2.22. The molecule has 0 amide bonds. The lowest BCUT2D eigenvalue weighted by Gasteiger charge is -2.20. The molecule has 1 atom stereocenters. The predicted molar refractivity (Wildman–Crippen MR) is 57.4 cm³/mol. The molecule has 0 bridgehead atoms. The Bertz CT molecular complexity index is 328. The molecule has 2 heterocycles. The van der Waals surface area contributed by atoms with E-state index in [1.807, 2.05) is 0 Å². The van der Waals surface area contributed by atoms with Crippen molar-refractivity contribution in [3.8, 4) is 0 Å². The van der Waals surface area contributed by atoms with Crippen LogP contribution in [0.3, 0.4) is 0 Å². The predicted octanol–water partition coefficient (Wildman–Crippen LogP) is 1.81. The van der Waals surface area contributed by atoms with Crippen molar-refractivity contribution in [1.29, 1.82) is 0 Å². The first-order valence-corrected chi connectivity index (χ1v) is 5.51. The van der Waals surface area contributed by atoms with Gasteiger partial charge < -0.3 is 9.88 Å². The number of nitrogens with one attached hydrogen (secondary N) is 1. The highest BCUT2D eigenvalue weighted by molar-refractivity contribution is 5.20. The molecule has 1 aromatic heterocycles. The molecule has 0 spiro atoms. The van der Waals surface area contributed by atoms with Crippen LogP contribution in [0, 0.1) is 6.92 Å². The van der Waals surface area contributed by atoms with Gasteiger partial charge in [0.15, 0.2) is 0 Å². The Balaban J connectivity index is 2.42. The maximum Gasteiger partial charge on any atom is 0.106 e. The van der Waals surface area contributed by atoms with E-state index in [4.69, 9.17) is 0 Å². The maximum atomic E-state index is 4.62. The van der Waals surface area contributed by atoms with Gasteiger partial charge in [-0.3, -0.25) is 0 Å². The van der Waals surface area contributed by atoms with Crippen LogP contribution in [0.2, 0.25) is 0 Å². The molecule has 1 aliphatic rings. The van der Waals surface area contributed by atoms with Crippen molar-refractivity contribution >= 4 is 0 Å². The Hall–Kier alpha value is -0.830. The van der Waals surface area contributed by atoms with E-state index in [1.54, 1.807) is 0 Å². The molecule has 0 radical (unpaired) electrons. The van der Waals surface area contributed by atoms with Crippen molar-refractivity contribution in [3.05, 3.63) is 17.2 Å². The summed E-state index contributed by atoms with van der Waals surface area (Å²) >= 11 is 0. The average molecular weight is 193 g/mol. The molecule has 0 aliphatic carbocycles. The van der Waals surface area contributed by atoms with Gasteiger partial charge in [0.2, 0.25) is 0 Å². The second kappa shape index (κ2) is 3.73. The van der Waals surface area contributed by atoms with E-state index in [9.17, 15) is 0 Å². The van der Waals surface area contributed by atoms with Gasteiger partial charge in [-0.2, -0.15) is 0 Å². The number of hydrogen-bond donors (Lipinski definition) is 1. The van der Waals surface area contributed by atoms with Gasteiger partial charge in [-0.25, -0.2) is 4.98 Å². The largest absolute Gasteiger partial charge is 0.329 e. The Morgan fingerprint density at radius 1 is 1.57 bits per heavy atom. The Labute approximate surface area is 85.5 Å². The molecule has 1 unspecified atom stereocenters. The van der Waals surface area contributed by atoms with Gasteiger partial charge in [0.25, 0.3) is 0 Å². The minimum absolute atomic E-state index is 0.587. The first kappa shape index (κ1) is 9.71. The van der Waals surface area contributed by atoms with Crippen molar-refractivity contribution < 1.29 is 0 Å². The number of aromatic nitrogens is 2. The smallest absolute Gasteiger partial charge is 0.106 e. The zero-order valence-corrected chi connectivity index (χ0v) is 9.30. The van der Waals surface area contributed by atoms with Crippen molar-refractivity contribution in [2.75, 3.05) is 6.54 Å². The maximum absolute atomic E-state index is 4.62. The summed E-state index contributed by atoms with van der Waals surface area (Å²) in [5.74, 6) is 1.17. The van der Waals surface area contributed by atoms with E-state index in [1.165, 1.54) is 23.6 Å². The summed E-state index contributed by atoms with van der Waals surface area (Å²) in [6.45, 7) is 8.66. The molecule has 0 fully saturated rings. The molecule has 14 heavy (non-hydrogen) atoms. The second-order valence-electron chi connectivity index (χ2n) is 4.11. The molecule has 2 rings (SSSR count). The van der Waals surface area contributed by atoms with Crippen LogP contribution in [0.4, 0.5) is 0 Å². The summed E-state index contributed by atoms with van der Waals surface area (Å²) in [6, 6.07) is 0.587. The SMILES string of the molecule is CCC(C)n1c(C)nc2c1CCNC2. The topological polar surface area (TPSA) is 29.9 Å². The van der Waals surface area contributed by atoms with Crippen molar-refractivity contribution in [1.82, 2.24) is 14.9 Å². The summed E-state index contributed by atoms with van der Waals surface area (Å²) in [6.07, 6.45) is 2.30. The molecule has 1 aliphatic heterocycles. The van der Waals surface area contributed by atoms with E-state index in [2.05, 4.69) is 35.6 Å². The quantitative estimate of drug-likeness (QED) is 0.776. The van der Waals surface area contributed by atoms with E-state index < -0.39 is 0 Å². The lowest BCUT2D eigenvalue weighted by molar-refractivity contribution is 0.488. The number of hydrogen-bond acceptors (Lipinski definition) is 2. The van der Waals surface area contributed by atoms with Crippen LogP contribution in [0.5, 0.6) is 0 Å². The first-order chi connectivity index (χ1) is 6.74. The highest BCUT2D eigenvalue weighted by atomic mass is 15.1. The summed E-state index contributed by atoms with van der Waals surface area (Å²) in [5.41, 5.74) is 2.71. The Morgan fingerprint density at radius 3 is 3.07 bits per heavy atom. The third-order valence-electron chi connectivity index (χ3n) is 3.13. The summed E-state index contributed by atoms with van der Waals surface area (Å²) < 4.78 is 2.41. The summed E-state index contributed by atoms with van der Waals surface area (Å²) in [5, 5.41) is 3.36. The highest BCUT2D eigenvalue weighted by Gasteiger charge is 2.19. The molecule has 3 nitrogen and oxygen atoms in total. The third kappa shape index (κ3) is 1.46. The Kier molecular flexibility index (Phi) is 2.59. The number of rotatable bonds is 2. The van der Waals surface area contributed by atoms with Gasteiger partial charge in [-0.05, 0) is 20.3 Å². The fourth-order valence-corrected chi connectivity index (χ4v) is 2.24. The second-order valence-corrected chi connectivity index (χ2v) is 4.11. The lowest BCUT2D eigenvalue weighted by Crippen LogP contribution is -2.25. The van der Waals surface area contributed by atoms with Gasteiger partial charge in [-0.1, -0.05) is 6.92 Å². The van der Waals surface area contributed by atoms with Crippen molar-refractivity contribution in [2.24, 2.45) is 0 Å². The van der Waals surface area contributed by atoms with E-state index >= 15 is 0 Å². The number of imidazole rings is 1. The van der Waals surface area contributed by atoms with Gasteiger partial charge in [0.1, 0.15) is 5.82 Å². The monoisotopic (exact) mass is 193 g/mol. The molecular formula is C11H19N3. The fraction of sp³-hybridized carbons (Fsp3) is 0.727. The zero-order chi connectivity index (χ0) is 10.1. The summed E-state index contributed by atoms with van der Waals surface area (Å²) in [7, 11) is 0. The molecule has 0 saturated heterocycles. The van der Waals surface area contributed by atoms with Crippen LogP contribution < -0.4 is 5.32 Å². The van der Waals surface area contributed by atoms with Crippen LogP contribution >= 0.6 is 0 Å². The van der Waals surface area contributed by atoms with Crippen LogP contribution in [0.1, 0.15) is 43.5 Å². The number of nitrogens with zero attached hydrogens (tertiary/aromatic N) is 2. The molecule has 1 aromatic rings.